The molecule has 1 aliphatic heterocycles. The summed E-state index contributed by atoms with van der Waals surface area (Å²) in [4.78, 5) is 18.2. The van der Waals surface area contributed by atoms with E-state index in [1.165, 1.54) is 25.6 Å². The second-order valence-electron chi connectivity index (χ2n) is 5.28. The van der Waals surface area contributed by atoms with Crippen LogP contribution in [0.4, 0.5) is 0 Å². The van der Waals surface area contributed by atoms with Crippen molar-refractivity contribution in [2.45, 2.75) is 31.7 Å². The molecule has 0 bridgehead atoms. The van der Waals surface area contributed by atoms with Crippen molar-refractivity contribution < 1.29 is 4.79 Å². The molecular formula is C12H19N5O. The Morgan fingerprint density at radius 3 is 2.89 bits per heavy atom. The molecule has 1 amide bonds. The van der Waals surface area contributed by atoms with Crippen LogP contribution < -0.4 is 5.32 Å². The average molecular weight is 249 g/mol. The number of nitrogens with one attached hydrogen (secondary N) is 2. The quantitative estimate of drug-likeness (QED) is 0.792. The van der Waals surface area contributed by atoms with Crippen molar-refractivity contribution in [2.75, 3.05) is 19.6 Å². The van der Waals surface area contributed by atoms with Gasteiger partial charge in [0.1, 0.15) is 6.33 Å². The molecule has 1 aliphatic carbocycles. The van der Waals surface area contributed by atoms with Crippen molar-refractivity contribution in [2.24, 2.45) is 5.92 Å². The topological polar surface area (TPSA) is 73.9 Å². The number of aromatic nitrogens is 3. The fourth-order valence-electron chi connectivity index (χ4n) is 2.49. The fraction of sp³-hybridized carbons (Fsp3) is 0.750. The first-order valence-corrected chi connectivity index (χ1v) is 6.71. The largest absolute Gasteiger partial charge is 0.334 e. The van der Waals surface area contributed by atoms with Gasteiger partial charge in [0.2, 0.25) is 5.82 Å². The monoisotopic (exact) mass is 249 g/mol. The molecule has 2 N–H and O–H groups in total. The van der Waals surface area contributed by atoms with Gasteiger partial charge in [-0.05, 0) is 38.1 Å². The van der Waals surface area contributed by atoms with Gasteiger partial charge in [-0.15, -0.1) is 0 Å². The number of carbonyl (C=O) groups is 1. The average Bonchev–Trinajstić information content (AvgIpc) is 2.88. The molecule has 1 saturated heterocycles. The predicted octanol–water partition coefficient (Wildman–Crippen LogP) is 0.409. The van der Waals surface area contributed by atoms with Crippen molar-refractivity contribution in [3.05, 3.63) is 12.2 Å². The van der Waals surface area contributed by atoms with Crippen LogP contribution in [0.5, 0.6) is 0 Å². The highest BCUT2D eigenvalue weighted by molar-refractivity contribution is 5.90. The van der Waals surface area contributed by atoms with Crippen LogP contribution in [0, 0.1) is 5.92 Å². The lowest BCUT2D eigenvalue weighted by atomic mass is 10.2. The first-order chi connectivity index (χ1) is 8.83. The number of nitrogens with zero attached hydrogens (tertiary/aromatic N) is 3. The van der Waals surface area contributed by atoms with E-state index in [0.29, 0.717) is 17.8 Å². The minimum atomic E-state index is -0.0203. The summed E-state index contributed by atoms with van der Waals surface area (Å²) in [7, 11) is 0. The SMILES string of the molecule is O=C(c1ncn[nH]1)N(CC1CC1)CC1CCCN1. The van der Waals surface area contributed by atoms with Crippen molar-refractivity contribution in [1.82, 2.24) is 25.4 Å². The van der Waals surface area contributed by atoms with Crippen LogP contribution in [0.3, 0.4) is 0 Å². The molecule has 98 valence electrons. The van der Waals surface area contributed by atoms with E-state index in [0.717, 1.165) is 26.1 Å². The normalized spacial score (nSPS) is 23.2. The minimum Gasteiger partial charge on any atom is -0.334 e. The molecule has 1 atom stereocenters. The van der Waals surface area contributed by atoms with Crippen molar-refractivity contribution in [1.29, 1.82) is 0 Å². The lowest BCUT2D eigenvalue weighted by Gasteiger charge is -2.25. The van der Waals surface area contributed by atoms with Crippen molar-refractivity contribution in [3.63, 3.8) is 0 Å². The van der Waals surface area contributed by atoms with Gasteiger partial charge in [0.15, 0.2) is 0 Å². The number of carbonyl (C=O) groups excluding carboxylic acids is 1. The molecule has 3 rings (SSSR count). The molecule has 2 heterocycles. The zero-order valence-corrected chi connectivity index (χ0v) is 10.4. The summed E-state index contributed by atoms with van der Waals surface area (Å²) in [5, 5.41) is 9.86. The van der Waals surface area contributed by atoms with Crippen molar-refractivity contribution >= 4 is 5.91 Å². The molecule has 0 spiro atoms. The summed E-state index contributed by atoms with van der Waals surface area (Å²) in [5.41, 5.74) is 0. The summed E-state index contributed by atoms with van der Waals surface area (Å²) in [6.07, 6.45) is 6.25. The number of H-pyrrole nitrogens is 1. The van der Waals surface area contributed by atoms with Gasteiger partial charge in [-0.25, -0.2) is 4.98 Å². The van der Waals surface area contributed by atoms with E-state index >= 15 is 0 Å². The predicted molar refractivity (Wildman–Crippen MR) is 66.0 cm³/mol. The Kier molecular flexibility index (Phi) is 3.27. The van der Waals surface area contributed by atoms with E-state index in [1.54, 1.807) is 0 Å². The number of rotatable bonds is 5. The molecule has 1 unspecified atom stereocenters. The van der Waals surface area contributed by atoms with Crippen molar-refractivity contribution in [3.8, 4) is 0 Å². The van der Waals surface area contributed by atoms with E-state index in [4.69, 9.17) is 0 Å². The van der Waals surface area contributed by atoms with E-state index in [9.17, 15) is 4.79 Å². The van der Waals surface area contributed by atoms with Crippen LogP contribution in [0.25, 0.3) is 0 Å². The molecule has 1 aromatic rings. The summed E-state index contributed by atoms with van der Waals surface area (Å²) in [6.45, 7) is 2.71. The van der Waals surface area contributed by atoms with Crippen LogP contribution in [-0.4, -0.2) is 51.7 Å². The summed E-state index contributed by atoms with van der Waals surface area (Å²) in [6, 6.07) is 0.440. The van der Waals surface area contributed by atoms with Gasteiger partial charge in [-0.3, -0.25) is 9.89 Å². The second-order valence-corrected chi connectivity index (χ2v) is 5.28. The van der Waals surface area contributed by atoms with Crippen LogP contribution >= 0.6 is 0 Å². The first kappa shape index (κ1) is 11.6. The third kappa shape index (κ3) is 2.69. The lowest BCUT2D eigenvalue weighted by molar-refractivity contribution is 0.0721. The van der Waals surface area contributed by atoms with E-state index in [-0.39, 0.29) is 5.91 Å². The molecule has 6 nitrogen and oxygen atoms in total. The molecule has 0 aromatic carbocycles. The van der Waals surface area contributed by atoms with E-state index in [1.807, 2.05) is 4.90 Å². The van der Waals surface area contributed by atoms with E-state index in [2.05, 4.69) is 20.5 Å². The summed E-state index contributed by atoms with van der Waals surface area (Å²) >= 11 is 0. The van der Waals surface area contributed by atoms with Gasteiger partial charge >= 0.3 is 0 Å². The molecule has 0 radical (unpaired) electrons. The molecule has 18 heavy (non-hydrogen) atoms. The van der Waals surface area contributed by atoms with Gasteiger partial charge in [0.05, 0.1) is 0 Å². The zero-order chi connectivity index (χ0) is 12.4. The molecule has 1 aromatic heterocycles. The molecule has 6 heteroatoms. The third-order valence-electron chi connectivity index (χ3n) is 3.68. The molecule has 1 saturated carbocycles. The number of aromatic amines is 1. The maximum atomic E-state index is 12.3. The highest BCUT2D eigenvalue weighted by Crippen LogP contribution is 2.30. The Balaban J connectivity index is 1.65. The Bertz CT molecular complexity index is 395. The number of hydrogen-bond acceptors (Lipinski definition) is 4. The minimum absolute atomic E-state index is 0.0203. The van der Waals surface area contributed by atoms with Crippen LogP contribution in [-0.2, 0) is 0 Å². The highest BCUT2D eigenvalue weighted by Gasteiger charge is 2.30. The first-order valence-electron chi connectivity index (χ1n) is 6.71. The standard InChI is InChI=1S/C12H19N5O/c18-12(11-14-8-15-16-11)17(6-9-3-4-9)7-10-2-1-5-13-10/h8-10,13H,1-7H2,(H,14,15,16). The number of hydrogen-bond donors (Lipinski definition) is 2. The smallest absolute Gasteiger partial charge is 0.291 e. The fourth-order valence-corrected chi connectivity index (χ4v) is 2.49. The van der Waals surface area contributed by atoms with Gasteiger partial charge in [-0.1, -0.05) is 0 Å². The summed E-state index contributed by atoms with van der Waals surface area (Å²) < 4.78 is 0. The maximum Gasteiger partial charge on any atom is 0.291 e. The Morgan fingerprint density at radius 2 is 2.28 bits per heavy atom. The Labute approximate surface area is 106 Å². The highest BCUT2D eigenvalue weighted by atomic mass is 16.2. The molecule has 2 aliphatic rings. The van der Waals surface area contributed by atoms with Gasteiger partial charge in [-0.2, -0.15) is 5.10 Å². The van der Waals surface area contributed by atoms with Gasteiger partial charge in [0.25, 0.3) is 5.91 Å². The zero-order valence-electron chi connectivity index (χ0n) is 10.4. The summed E-state index contributed by atoms with van der Waals surface area (Å²) in [5.74, 6) is 1.03. The van der Waals surface area contributed by atoms with E-state index < -0.39 is 0 Å². The van der Waals surface area contributed by atoms with Crippen LogP contribution in [0.15, 0.2) is 6.33 Å². The second kappa shape index (κ2) is 5.06. The third-order valence-corrected chi connectivity index (χ3v) is 3.68. The molecular weight excluding hydrogens is 230 g/mol. The lowest BCUT2D eigenvalue weighted by Crippen LogP contribution is -2.42. The Hall–Kier alpha value is -1.43. The Morgan fingerprint density at radius 1 is 1.39 bits per heavy atom. The van der Waals surface area contributed by atoms with Crippen LogP contribution in [0.1, 0.15) is 36.3 Å². The maximum absolute atomic E-state index is 12.3. The number of amides is 1. The van der Waals surface area contributed by atoms with Crippen LogP contribution in [0.2, 0.25) is 0 Å². The molecule has 2 fully saturated rings. The van der Waals surface area contributed by atoms with Gasteiger partial charge < -0.3 is 10.2 Å². The van der Waals surface area contributed by atoms with Gasteiger partial charge in [0, 0.05) is 19.1 Å².